The fourth-order valence-corrected chi connectivity index (χ4v) is 1.44. The molecule has 0 aliphatic rings. The minimum atomic E-state index is -1.32. The third kappa shape index (κ3) is 2.22. The highest BCUT2D eigenvalue weighted by Gasteiger charge is 2.15. The van der Waals surface area contributed by atoms with E-state index in [-0.39, 0.29) is 5.82 Å². The van der Waals surface area contributed by atoms with Gasteiger partial charge in [-0.15, -0.1) is 0 Å². The Kier molecular flexibility index (Phi) is 2.99. The first-order valence-electron chi connectivity index (χ1n) is 4.90. The Morgan fingerprint density at radius 1 is 1.00 bits per heavy atom. The molecule has 88 valence electrons. The van der Waals surface area contributed by atoms with E-state index in [1.807, 2.05) is 0 Å². The SMILES string of the molecule is CN(c1ccccc1)c1nc(F)c(F)cc1F. The lowest BCUT2D eigenvalue weighted by Crippen LogP contribution is -2.14. The van der Waals surface area contributed by atoms with Gasteiger partial charge in [-0.05, 0) is 12.1 Å². The summed E-state index contributed by atoms with van der Waals surface area (Å²) in [7, 11) is 1.53. The number of para-hydroxylation sites is 1. The van der Waals surface area contributed by atoms with Crippen LogP contribution in [0.4, 0.5) is 24.7 Å². The van der Waals surface area contributed by atoms with Crippen molar-refractivity contribution in [2.75, 3.05) is 11.9 Å². The van der Waals surface area contributed by atoms with E-state index in [9.17, 15) is 13.2 Å². The van der Waals surface area contributed by atoms with E-state index >= 15 is 0 Å². The lowest BCUT2D eigenvalue weighted by atomic mass is 10.3. The minimum Gasteiger partial charge on any atom is -0.327 e. The van der Waals surface area contributed by atoms with Gasteiger partial charge >= 0.3 is 0 Å². The van der Waals surface area contributed by atoms with Crippen molar-refractivity contribution in [3.8, 4) is 0 Å². The number of pyridine rings is 1. The van der Waals surface area contributed by atoms with Crippen molar-refractivity contribution in [1.29, 1.82) is 0 Å². The summed E-state index contributed by atoms with van der Waals surface area (Å²) in [6.45, 7) is 0. The second-order valence-corrected chi connectivity index (χ2v) is 3.46. The van der Waals surface area contributed by atoms with E-state index in [4.69, 9.17) is 0 Å². The van der Waals surface area contributed by atoms with Crippen LogP contribution in [0.3, 0.4) is 0 Å². The molecule has 0 saturated heterocycles. The molecule has 0 spiro atoms. The molecule has 0 bridgehead atoms. The first kappa shape index (κ1) is 11.4. The molecular formula is C12H9F3N2. The summed E-state index contributed by atoms with van der Waals surface area (Å²) < 4.78 is 39.1. The third-order valence-corrected chi connectivity index (χ3v) is 2.33. The number of anilines is 2. The number of hydrogen-bond donors (Lipinski definition) is 0. The van der Waals surface area contributed by atoms with E-state index in [1.54, 1.807) is 30.3 Å². The van der Waals surface area contributed by atoms with Gasteiger partial charge in [-0.1, -0.05) is 18.2 Å². The summed E-state index contributed by atoms with van der Waals surface area (Å²) in [6.07, 6.45) is 0. The minimum absolute atomic E-state index is 0.255. The fraction of sp³-hybridized carbons (Fsp3) is 0.0833. The molecule has 0 fully saturated rings. The summed E-state index contributed by atoms with van der Waals surface area (Å²) in [5, 5.41) is 0. The number of hydrogen-bond acceptors (Lipinski definition) is 2. The van der Waals surface area contributed by atoms with Crippen LogP contribution in [0.15, 0.2) is 36.4 Å². The molecule has 0 amide bonds. The van der Waals surface area contributed by atoms with Crippen LogP contribution < -0.4 is 4.90 Å². The number of aromatic nitrogens is 1. The van der Waals surface area contributed by atoms with Crippen molar-refractivity contribution in [3.63, 3.8) is 0 Å². The van der Waals surface area contributed by atoms with E-state index in [1.165, 1.54) is 11.9 Å². The summed E-state index contributed by atoms with van der Waals surface area (Å²) in [6, 6.07) is 9.21. The Labute approximate surface area is 96.3 Å². The van der Waals surface area contributed by atoms with Crippen molar-refractivity contribution in [2.24, 2.45) is 0 Å². The second-order valence-electron chi connectivity index (χ2n) is 3.46. The maximum absolute atomic E-state index is 13.5. The predicted molar refractivity (Wildman–Crippen MR) is 58.6 cm³/mol. The molecule has 1 heterocycles. The van der Waals surface area contributed by atoms with Crippen LogP contribution >= 0.6 is 0 Å². The molecule has 0 radical (unpaired) electrons. The van der Waals surface area contributed by atoms with Crippen LogP contribution in [0.1, 0.15) is 0 Å². The standard InChI is InChI=1S/C12H9F3N2/c1-17(8-5-3-2-4-6-8)12-10(14)7-9(13)11(15)16-12/h2-7H,1H3. The first-order chi connectivity index (χ1) is 8.09. The van der Waals surface area contributed by atoms with Gasteiger partial charge in [-0.3, -0.25) is 0 Å². The van der Waals surface area contributed by atoms with Gasteiger partial charge in [-0.25, -0.2) is 8.78 Å². The highest BCUT2D eigenvalue weighted by molar-refractivity contribution is 5.59. The smallest absolute Gasteiger partial charge is 0.251 e. The summed E-state index contributed by atoms with van der Waals surface area (Å²) in [5.41, 5.74) is 0.630. The van der Waals surface area contributed by atoms with E-state index < -0.39 is 17.6 Å². The molecule has 0 atom stereocenters. The molecule has 0 aliphatic heterocycles. The number of nitrogens with zero attached hydrogens (tertiary/aromatic N) is 2. The summed E-state index contributed by atoms with van der Waals surface area (Å²) in [4.78, 5) is 4.60. The van der Waals surface area contributed by atoms with Crippen molar-refractivity contribution in [2.45, 2.75) is 0 Å². The van der Waals surface area contributed by atoms with Gasteiger partial charge in [0.15, 0.2) is 17.5 Å². The Hall–Kier alpha value is -2.04. The lowest BCUT2D eigenvalue weighted by Gasteiger charge is -2.18. The van der Waals surface area contributed by atoms with Crippen molar-refractivity contribution in [1.82, 2.24) is 4.98 Å². The van der Waals surface area contributed by atoms with Crippen LogP contribution in [0.25, 0.3) is 0 Å². The molecule has 0 aliphatic carbocycles. The Morgan fingerprint density at radius 2 is 1.65 bits per heavy atom. The highest BCUT2D eigenvalue weighted by Crippen LogP contribution is 2.24. The lowest BCUT2D eigenvalue weighted by molar-refractivity contribution is 0.465. The zero-order chi connectivity index (χ0) is 12.4. The molecule has 1 aromatic carbocycles. The summed E-state index contributed by atoms with van der Waals surface area (Å²) in [5.74, 6) is -3.78. The molecule has 17 heavy (non-hydrogen) atoms. The molecule has 0 N–H and O–H groups in total. The van der Waals surface area contributed by atoms with Crippen molar-refractivity contribution < 1.29 is 13.2 Å². The maximum Gasteiger partial charge on any atom is 0.251 e. The van der Waals surface area contributed by atoms with Crippen LogP contribution in [0, 0.1) is 17.6 Å². The average molecular weight is 238 g/mol. The zero-order valence-corrected chi connectivity index (χ0v) is 8.99. The van der Waals surface area contributed by atoms with Gasteiger partial charge in [0.05, 0.1) is 0 Å². The molecule has 0 unspecified atom stereocenters. The van der Waals surface area contributed by atoms with E-state index in [0.29, 0.717) is 11.8 Å². The van der Waals surface area contributed by atoms with Crippen LogP contribution in [0.5, 0.6) is 0 Å². The molecule has 1 aromatic heterocycles. The van der Waals surface area contributed by atoms with Crippen LogP contribution in [-0.2, 0) is 0 Å². The highest BCUT2D eigenvalue weighted by atomic mass is 19.2. The summed E-state index contributed by atoms with van der Waals surface area (Å²) >= 11 is 0. The van der Waals surface area contributed by atoms with Crippen molar-refractivity contribution >= 4 is 11.5 Å². The largest absolute Gasteiger partial charge is 0.327 e. The van der Waals surface area contributed by atoms with Gasteiger partial charge in [0.1, 0.15) is 0 Å². The monoisotopic (exact) mass is 238 g/mol. The van der Waals surface area contributed by atoms with Gasteiger partial charge in [0.2, 0.25) is 0 Å². The second kappa shape index (κ2) is 4.45. The fourth-order valence-electron chi connectivity index (χ4n) is 1.44. The van der Waals surface area contributed by atoms with E-state index in [0.717, 1.165) is 0 Å². The van der Waals surface area contributed by atoms with Crippen LogP contribution in [0.2, 0.25) is 0 Å². The van der Waals surface area contributed by atoms with Gasteiger partial charge < -0.3 is 4.90 Å². The predicted octanol–water partition coefficient (Wildman–Crippen LogP) is 3.27. The maximum atomic E-state index is 13.5. The van der Waals surface area contributed by atoms with Gasteiger partial charge in [0, 0.05) is 18.8 Å². The van der Waals surface area contributed by atoms with Crippen LogP contribution in [-0.4, -0.2) is 12.0 Å². The third-order valence-electron chi connectivity index (χ3n) is 2.33. The molecule has 2 nitrogen and oxygen atoms in total. The molecular weight excluding hydrogens is 229 g/mol. The Balaban J connectivity index is 2.44. The topological polar surface area (TPSA) is 16.1 Å². The Morgan fingerprint density at radius 3 is 2.29 bits per heavy atom. The molecule has 2 rings (SSSR count). The normalized spacial score (nSPS) is 10.4. The average Bonchev–Trinajstić information content (AvgIpc) is 2.34. The van der Waals surface area contributed by atoms with Gasteiger partial charge in [-0.2, -0.15) is 9.37 Å². The number of rotatable bonds is 2. The van der Waals surface area contributed by atoms with E-state index in [2.05, 4.69) is 4.98 Å². The first-order valence-corrected chi connectivity index (χ1v) is 4.90. The zero-order valence-electron chi connectivity index (χ0n) is 8.99. The number of halogens is 3. The molecule has 2 aromatic rings. The number of benzene rings is 1. The quantitative estimate of drug-likeness (QED) is 0.746. The molecule has 5 heteroatoms. The van der Waals surface area contributed by atoms with Crippen molar-refractivity contribution in [3.05, 3.63) is 54.0 Å². The van der Waals surface area contributed by atoms with Gasteiger partial charge in [0.25, 0.3) is 5.95 Å². The Bertz CT molecular complexity index is 529. The molecule has 0 saturated carbocycles.